The Balaban J connectivity index is 1.92. The second-order valence-corrected chi connectivity index (χ2v) is 6.67. The Morgan fingerprint density at radius 2 is 1.56 bits per heavy atom. The molecule has 1 amide bonds. The summed E-state index contributed by atoms with van der Waals surface area (Å²) in [6.07, 6.45) is -0.490. The smallest absolute Gasteiger partial charge is 0.424 e. The SMILES string of the molecule is COCOc1ccc(N(C(=O)Oc2ccccc2)c2ccccc2I)cc1. The molecule has 3 aromatic rings. The number of carbonyl (C=O) groups is 1. The van der Waals surface area contributed by atoms with Gasteiger partial charge in [-0.15, -0.1) is 0 Å². The maximum atomic E-state index is 13.0. The third-order valence-electron chi connectivity index (χ3n) is 3.66. The first kappa shape index (κ1) is 19.2. The molecule has 0 fully saturated rings. The largest absolute Gasteiger partial charge is 0.468 e. The minimum Gasteiger partial charge on any atom is -0.468 e. The Kier molecular flexibility index (Phi) is 6.67. The molecule has 138 valence electrons. The molecule has 0 aromatic heterocycles. The normalized spacial score (nSPS) is 10.3. The zero-order valence-electron chi connectivity index (χ0n) is 14.7. The lowest BCUT2D eigenvalue weighted by atomic mass is 10.2. The fourth-order valence-corrected chi connectivity index (χ4v) is 3.06. The highest BCUT2D eigenvalue weighted by atomic mass is 127. The molecule has 0 bridgehead atoms. The van der Waals surface area contributed by atoms with Gasteiger partial charge in [0.2, 0.25) is 0 Å². The van der Waals surface area contributed by atoms with Crippen molar-refractivity contribution in [2.45, 2.75) is 0 Å². The van der Waals surface area contributed by atoms with E-state index >= 15 is 0 Å². The van der Waals surface area contributed by atoms with Crippen LogP contribution in [0.4, 0.5) is 16.2 Å². The van der Waals surface area contributed by atoms with Crippen LogP contribution in [0.2, 0.25) is 0 Å². The molecule has 27 heavy (non-hydrogen) atoms. The predicted molar refractivity (Wildman–Crippen MR) is 113 cm³/mol. The summed E-state index contributed by atoms with van der Waals surface area (Å²) in [6, 6.07) is 23.8. The number of hydrogen-bond donors (Lipinski definition) is 0. The van der Waals surface area contributed by atoms with E-state index in [1.165, 1.54) is 4.90 Å². The average Bonchev–Trinajstić information content (AvgIpc) is 2.70. The molecule has 0 aliphatic carbocycles. The van der Waals surface area contributed by atoms with E-state index < -0.39 is 6.09 Å². The highest BCUT2D eigenvalue weighted by Gasteiger charge is 2.22. The number of para-hydroxylation sites is 2. The minimum atomic E-state index is -0.490. The fraction of sp³-hybridized carbons (Fsp3) is 0.0952. The number of benzene rings is 3. The van der Waals surface area contributed by atoms with Crippen LogP contribution in [-0.2, 0) is 4.74 Å². The summed E-state index contributed by atoms with van der Waals surface area (Å²) in [4.78, 5) is 14.5. The maximum absolute atomic E-state index is 13.0. The monoisotopic (exact) mass is 475 g/mol. The van der Waals surface area contributed by atoms with Crippen LogP contribution < -0.4 is 14.4 Å². The summed E-state index contributed by atoms with van der Waals surface area (Å²) in [5.41, 5.74) is 1.41. The summed E-state index contributed by atoms with van der Waals surface area (Å²) in [5.74, 6) is 1.14. The molecule has 3 rings (SSSR count). The summed E-state index contributed by atoms with van der Waals surface area (Å²) in [5, 5.41) is 0. The Labute approximate surface area is 171 Å². The second kappa shape index (κ2) is 9.38. The van der Waals surface area contributed by atoms with Gasteiger partial charge in [0.05, 0.1) is 11.4 Å². The highest BCUT2D eigenvalue weighted by Crippen LogP contribution is 2.32. The lowest BCUT2D eigenvalue weighted by Gasteiger charge is -2.23. The molecule has 6 heteroatoms. The first-order chi connectivity index (χ1) is 13.2. The van der Waals surface area contributed by atoms with Gasteiger partial charge in [0.1, 0.15) is 11.5 Å². The van der Waals surface area contributed by atoms with Crippen LogP contribution in [0.1, 0.15) is 0 Å². The first-order valence-electron chi connectivity index (χ1n) is 8.22. The van der Waals surface area contributed by atoms with Crippen molar-refractivity contribution in [2.24, 2.45) is 0 Å². The van der Waals surface area contributed by atoms with E-state index in [9.17, 15) is 4.79 Å². The van der Waals surface area contributed by atoms with E-state index in [-0.39, 0.29) is 6.79 Å². The van der Waals surface area contributed by atoms with Gasteiger partial charge in [-0.2, -0.15) is 0 Å². The van der Waals surface area contributed by atoms with Gasteiger partial charge in [-0.3, -0.25) is 0 Å². The van der Waals surface area contributed by atoms with Crippen LogP contribution in [-0.4, -0.2) is 20.0 Å². The lowest BCUT2D eigenvalue weighted by molar-refractivity contribution is 0.0511. The number of nitrogens with zero attached hydrogens (tertiary/aromatic N) is 1. The van der Waals surface area contributed by atoms with Gasteiger partial charge >= 0.3 is 6.09 Å². The van der Waals surface area contributed by atoms with Crippen molar-refractivity contribution in [3.63, 3.8) is 0 Å². The Morgan fingerprint density at radius 3 is 2.22 bits per heavy atom. The standard InChI is InChI=1S/C21H18INO4/c1-25-15-26-17-13-11-16(12-14-17)23(20-10-6-5-9-19(20)22)21(24)27-18-7-3-2-4-8-18/h2-14H,15H2,1H3. The Bertz CT molecular complexity index is 884. The van der Waals surface area contributed by atoms with Crippen molar-refractivity contribution in [2.75, 3.05) is 18.8 Å². The van der Waals surface area contributed by atoms with E-state index in [1.807, 2.05) is 42.5 Å². The third kappa shape index (κ3) is 4.99. The quantitative estimate of drug-likeness (QED) is 0.344. The van der Waals surface area contributed by atoms with Gasteiger partial charge in [0.15, 0.2) is 6.79 Å². The molecule has 0 atom stereocenters. The zero-order valence-corrected chi connectivity index (χ0v) is 16.8. The molecule has 0 N–H and O–H groups in total. The number of halogens is 1. The summed E-state index contributed by atoms with van der Waals surface area (Å²) in [7, 11) is 1.56. The van der Waals surface area contributed by atoms with Gasteiger partial charge in [0, 0.05) is 10.7 Å². The molecule has 0 radical (unpaired) electrons. The molecule has 0 saturated carbocycles. The van der Waals surface area contributed by atoms with E-state index in [1.54, 1.807) is 43.5 Å². The molecule has 3 aromatic carbocycles. The van der Waals surface area contributed by atoms with Crippen LogP contribution in [0.25, 0.3) is 0 Å². The molecular formula is C21H18INO4. The number of methoxy groups -OCH3 is 1. The van der Waals surface area contributed by atoms with Crippen molar-refractivity contribution in [3.05, 3.63) is 82.4 Å². The van der Waals surface area contributed by atoms with Crippen molar-refractivity contribution >= 4 is 40.1 Å². The lowest BCUT2D eigenvalue weighted by Crippen LogP contribution is -2.29. The highest BCUT2D eigenvalue weighted by molar-refractivity contribution is 14.1. The second-order valence-electron chi connectivity index (χ2n) is 5.51. The Hall–Kier alpha value is -2.58. The average molecular weight is 475 g/mol. The summed E-state index contributed by atoms with van der Waals surface area (Å²) < 4.78 is 16.8. The Morgan fingerprint density at radius 1 is 0.889 bits per heavy atom. The summed E-state index contributed by atoms with van der Waals surface area (Å²) >= 11 is 2.20. The molecule has 0 heterocycles. The first-order valence-corrected chi connectivity index (χ1v) is 9.30. The van der Waals surface area contributed by atoms with Crippen LogP contribution in [0.3, 0.4) is 0 Å². The predicted octanol–water partition coefficient (Wildman–Crippen LogP) is 5.61. The number of anilines is 2. The van der Waals surface area contributed by atoms with Gasteiger partial charge in [-0.05, 0) is 71.1 Å². The van der Waals surface area contributed by atoms with Crippen molar-refractivity contribution in [1.29, 1.82) is 0 Å². The molecular weight excluding hydrogens is 457 g/mol. The molecule has 0 spiro atoms. The van der Waals surface area contributed by atoms with E-state index in [0.29, 0.717) is 17.2 Å². The van der Waals surface area contributed by atoms with Gasteiger partial charge < -0.3 is 14.2 Å². The van der Waals surface area contributed by atoms with Crippen LogP contribution in [0, 0.1) is 3.57 Å². The van der Waals surface area contributed by atoms with Gasteiger partial charge in [0.25, 0.3) is 0 Å². The van der Waals surface area contributed by atoms with E-state index in [4.69, 9.17) is 14.2 Å². The molecule has 0 aliphatic heterocycles. The van der Waals surface area contributed by atoms with Crippen LogP contribution >= 0.6 is 22.6 Å². The third-order valence-corrected chi connectivity index (χ3v) is 4.57. The molecule has 5 nitrogen and oxygen atoms in total. The van der Waals surface area contributed by atoms with E-state index in [0.717, 1.165) is 9.26 Å². The van der Waals surface area contributed by atoms with Crippen LogP contribution in [0.15, 0.2) is 78.9 Å². The minimum absolute atomic E-state index is 0.162. The molecule has 0 aliphatic rings. The van der Waals surface area contributed by atoms with Gasteiger partial charge in [-0.1, -0.05) is 30.3 Å². The topological polar surface area (TPSA) is 48.0 Å². The number of hydrogen-bond acceptors (Lipinski definition) is 4. The number of rotatable bonds is 6. The maximum Gasteiger partial charge on any atom is 0.424 e. The number of amides is 1. The zero-order chi connectivity index (χ0) is 19.1. The van der Waals surface area contributed by atoms with Crippen molar-refractivity contribution in [3.8, 4) is 11.5 Å². The van der Waals surface area contributed by atoms with Gasteiger partial charge in [-0.25, -0.2) is 9.69 Å². The number of ether oxygens (including phenoxy) is 3. The van der Waals surface area contributed by atoms with Crippen LogP contribution in [0.5, 0.6) is 11.5 Å². The summed E-state index contributed by atoms with van der Waals surface area (Å²) in [6.45, 7) is 0.162. The molecule has 0 saturated heterocycles. The van der Waals surface area contributed by atoms with Crippen molar-refractivity contribution in [1.82, 2.24) is 0 Å². The number of carbonyl (C=O) groups excluding carboxylic acids is 1. The van der Waals surface area contributed by atoms with E-state index in [2.05, 4.69) is 22.6 Å². The van der Waals surface area contributed by atoms with Crippen molar-refractivity contribution < 1.29 is 19.0 Å². The fourth-order valence-electron chi connectivity index (χ4n) is 2.43. The molecule has 0 unspecified atom stereocenters.